The van der Waals surface area contributed by atoms with Crippen LogP contribution in [0.4, 0.5) is 5.82 Å². The van der Waals surface area contributed by atoms with Gasteiger partial charge in [0.15, 0.2) is 23.0 Å². The quantitative estimate of drug-likeness (QED) is 0.525. The number of methoxy groups -OCH3 is 1. The molecule has 5 rings (SSSR count). The molecule has 0 aliphatic carbocycles. The van der Waals surface area contributed by atoms with Gasteiger partial charge in [0.2, 0.25) is 6.79 Å². The van der Waals surface area contributed by atoms with E-state index in [1.807, 2.05) is 0 Å². The summed E-state index contributed by atoms with van der Waals surface area (Å²) in [5.41, 5.74) is 0.934. The highest BCUT2D eigenvalue weighted by Gasteiger charge is 2.27. The fraction of sp³-hybridized carbons (Fsp3) is 0.269. The minimum absolute atomic E-state index is 0.0169. The predicted molar refractivity (Wildman–Crippen MR) is 132 cm³/mol. The van der Waals surface area contributed by atoms with E-state index in [2.05, 4.69) is 20.6 Å². The zero-order valence-electron chi connectivity index (χ0n) is 20.1. The fourth-order valence-electron chi connectivity index (χ4n) is 4.21. The van der Waals surface area contributed by atoms with Gasteiger partial charge in [-0.25, -0.2) is 9.97 Å². The number of hydrogen-bond acceptors (Lipinski definition) is 8. The number of nitrogens with zero attached hydrogens (tertiary/aromatic N) is 3. The Morgan fingerprint density at radius 1 is 0.919 bits per heavy atom. The number of hydrogen-bond donors (Lipinski definition) is 2. The molecule has 11 heteroatoms. The summed E-state index contributed by atoms with van der Waals surface area (Å²) in [5.74, 6) is 0.913. The lowest BCUT2D eigenvalue weighted by Gasteiger charge is -2.32. The van der Waals surface area contributed by atoms with Gasteiger partial charge in [-0.15, -0.1) is 0 Å². The van der Waals surface area contributed by atoms with Crippen LogP contribution in [0.2, 0.25) is 0 Å². The van der Waals surface area contributed by atoms with Gasteiger partial charge in [-0.3, -0.25) is 14.4 Å². The molecule has 2 aliphatic heterocycles. The van der Waals surface area contributed by atoms with Crippen molar-refractivity contribution in [3.63, 3.8) is 0 Å². The highest BCUT2D eigenvalue weighted by Crippen LogP contribution is 2.33. The number of nitrogens with one attached hydrogen (secondary N) is 2. The van der Waals surface area contributed by atoms with E-state index in [9.17, 15) is 14.4 Å². The van der Waals surface area contributed by atoms with Crippen molar-refractivity contribution in [1.29, 1.82) is 0 Å². The summed E-state index contributed by atoms with van der Waals surface area (Å²) in [4.78, 5) is 48.6. The van der Waals surface area contributed by atoms with Crippen molar-refractivity contribution in [2.75, 3.05) is 32.3 Å². The summed E-state index contributed by atoms with van der Waals surface area (Å²) < 4.78 is 15.8. The van der Waals surface area contributed by atoms with Gasteiger partial charge in [-0.05, 0) is 55.3 Å². The summed E-state index contributed by atoms with van der Waals surface area (Å²) in [6.07, 6.45) is 3.96. The van der Waals surface area contributed by atoms with E-state index in [4.69, 9.17) is 14.2 Å². The van der Waals surface area contributed by atoms with Crippen LogP contribution >= 0.6 is 0 Å². The first-order valence-electron chi connectivity index (χ1n) is 11.8. The number of piperidine rings is 1. The minimum atomic E-state index is -0.446. The lowest BCUT2D eigenvalue weighted by Crippen LogP contribution is -2.46. The molecule has 1 aromatic heterocycles. The van der Waals surface area contributed by atoms with Crippen molar-refractivity contribution in [2.45, 2.75) is 18.9 Å². The van der Waals surface area contributed by atoms with Crippen LogP contribution in [0.3, 0.4) is 0 Å². The maximum atomic E-state index is 13.0. The molecule has 1 fully saturated rings. The van der Waals surface area contributed by atoms with Crippen LogP contribution in [-0.2, 0) is 0 Å². The number of ether oxygens (including phenoxy) is 3. The zero-order chi connectivity index (χ0) is 25.8. The Bertz CT molecular complexity index is 1320. The van der Waals surface area contributed by atoms with E-state index in [-0.39, 0.29) is 30.3 Å². The van der Waals surface area contributed by atoms with Crippen molar-refractivity contribution in [1.82, 2.24) is 20.2 Å². The average Bonchev–Trinajstić information content (AvgIpc) is 3.41. The van der Waals surface area contributed by atoms with Crippen molar-refractivity contribution in [2.24, 2.45) is 0 Å². The topological polar surface area (TPSA) is 132 Å². The van der Waals surface area contributed by atoms with Gasteiger partial charge < -0.3 is 29.7 Å². The number of carbonyl (C=O) groups is 3. The first-order chi connectivity index (χ1) is 18.0. The Hall–Kier alpha value is -4.67. The average molecular weight is 504 g/mol. The third-order valence-electron chi connectivity index (χ3n) is 6.23. The molecule has 3 aromatic rings. The van der Waals surface area contributed by atoms with Crippen molar-refractivity contribution < 1.29 is 28.6 Å². The summed E-state index contributed by atoms with van der Waals surface area (Å²) in [5, 5.41) is 5.61. The molecule has 37 heavy (non-hydrogen) atoms. The lowest BCUT2D eigenvalue weighted by molar-refractivity contribution is 0.0697. The molecule has 0 atom stereocenters. The van der Waals surface area contributed by atoms with Gasteiger partial charge >= 0.3 is 0 Å². The first-order valence-corrected chi connectivity index (χ1v) is 11.8. The van der Waals surface area contributed by atoms with E-state index in [1.54, 1.807) is 54.5 Å². The number of benzene rings is 2. The molecule has 0 unspecified atom stereocenters. The molecule has 3 amide bonds. The molecule has 2 aromatic carbocycles. The Kier molecular flexibility index (Phi) is 6.84. The van der Waals surface area contributed by atoms with Crippen LogP contribution in [0.15, 0.2) is 54.9 Å². The lowest BCUT2D eigenvalue weighted by atomic mass is 10.0. The number of rotatable bonds is 6. The Labute approximate surface area is 212 Å². The predicted octanol–water partition coefficient (Wildman–Crippen LogP) is 2.50. The largest absolute Gasteiger partial charge is 0.497 e. The van der Waals surface area contributed by atoms with Gasteiger partial charge in [-0.1, -0.05) is 0 Å². The van der Waals surface area contributed by atoms with Gasteiger partial charge in [-0.2, -0.15) is 0 Å². The number of fused-ring (bicyclic) bond motifs is 1. The molecular weight excluding hydrogens is 478 g/mol. The monoisotopic (exact) mass is 503 g/mol. The highest BCUT2D eigenvalue weighted by atomic mass is 16.7. The van der Waals surface area contributed by atoms with Gasteiger partial charge in [0.05, 0.1) is 7.11 Å². The van der Waals surface area contributed by atoms with Gasteiger partial charge in [0.1, 0.15) is 5.75 Å². The molecule has 2 aliphatic rings. The fourth-order valence-corrected chi connectivity index (χ4v) is 4.21. The Balaban J connectivity index is 1.18. The SMILES string of the molecule is COc1ccc(C(=O)Nc2nccnc2C(=O)NC2CCN(C(=O)c3ccc4c(c3)OCO4)CC2)cc1. The summed E-state index contributed by atoms with van der Waals surface area (Å²) in [6.45, 7) is 1.12. The highest BCUT2D eigenvalue weighted by molar-refractivity contribution is 6.07. The van der Waals surface area contributed by atoms with Gasteiger partial charge in [0, 0.05) is 42.7 Å². The number of likely N-dealkylation sites (tertiary alicyclic amines) is 1. The maximum Gasteiger partial charge on any atom is 0.273 e. The second-order valence-electron chi connectivity index (χ2n) is 8.54. The van der Waals surface area contributed by atoms with E-state index in [1.165, 1.54) is 12.4 Å². The molecule has 0 saturated carbocycles. The van der Waals surface area contributed by atoms with Crippen LogP contribution in [-0.4, -0.2) is 65.6 Å². The standard InChI is InChI=1S/C26H25N5O6/c1-35-19-5-2-16(3-6-19)24(32)30-23-22(27-10-11-28-23)25(33)29-18-8-12-31(13-9-18)26(34)17-4-7-20-21(14-17)37-15-36-20/h2-7,10-11,14,18H,8-9,12-13,15H2,1H3,(H,29,33)(H,28,30,32). The van der Waals surface area contributed by atoms with E-state index < -0.39 is 11.8 Å². The second kappa shape index (κ2) is 10.5. The third-order valence-corrected chi connectivity index (χ3v) is 6.23. The van der Waals surface area contributed by atoms with Crippen LogP contribution in [0.5, 0.6) is 17.2 Å². The number of anilines is 1. The number of aromatic nitrogens is 2. The van der Waals surface area contributed by atoms with Crippen molar-refractivity contribution in [3.8, 4) is 17.2 Å². The van der Waals surface area contributed by atoms with E-state index >= 15 is 0 Å². The van der Waals surface area contributed by atoms with E-state index in [0.29, 0.717) is 54.3 Å². The van der Waals surface area contributed by atoms with Crippen molar-refractivity contribution >= 4 is 23.5 Å². The Morgan fingerprint density at radius 2 is 1.62 bits per heavy atom. The molecule has 0 bridgehead atoms. The molecule has 190 valence electrons. The molecule has 3 heterocycles. The van der Waals surface area contributed by atoms with Crippen LogP contribution in [0.25, 0.3) is 0 Å². The maximum absolute atomic E-state index is 13.0. The summed E-state index contributed by atoms with van der Waals surface area (Å²) in [7, 11) is 1.54. The zero-order valence-corrected chi connectivity index (χ0v) is 20.1. The summed E-state index contributed by atoms with van der Waals surface area (Å²) in [6, 6.07) is 11.6. The first kappa shape index (κ1) is 24.0. The molecule has 0 spiro atoms. The van der Waals surface area contributed by atoms with Crippen LogP contribution in [0, 0.1) is 0 Å². The summed E-state index contributed by atoms with van der Waals surface area (Å²) >= 11 is 0. The minimum Gasteiger partial charge on any atom is -0.497 e. The third kappa shape index (κ3) is 5.30. The second-order valence-corrected chi connectivity index (χ2v) is 8.54. The number of amides is 3. The smallest absolute Gasteiger partial charge is 0.273 e. The molecule has 0 radical (unpaired) electrons. The molecular formula is C26H25N5O6. The van der Waals surface area contributed by atoms with Gasteiger partial charge in [0.25, 0.3) is 17.7 Å². The molecule has 2 N–H and O–H groups in total. The van der Waals surface area contributed by atoms with Crippen molar-refractivity contribution in [3.05, 3.63) is 71.7 Å². The van der Waals surface area contributed by atoms with Crippen LogP contribution in [0.1, 0.15) is 44.0 Å². The molecule has 1 saturated heterocycles. The normalized spacial score (nSPS) is 14.7. The Morgan fingerprint density at radius 3 is 2.38 bits per heavy atom. The molecule has 11 nitrogen and oxygen atoms in total. The van der Waals surface area contributed by atoms with Crippen LogP contribution < -0.4 is 24.8 Å². The van der Waals surface area contributed by atoms with E-state index in [0.717, 1.165) is 0 Å². The number of carbonyl (C=O) groups excluding carboxylic acids is 3.